The summed E-state index contributed by atoms with van der Waals surface area (Å²) in [7, 11) is -1.30. The van der Waals surface area contributed by atoms with Crippen LogP contribution < -0.4 is 14.8 Å². The van der Waals surface area contributed by atoms with Crippen molar-refractivity contribution in [2.24, 2.45) is 0 Å². The fourth-order valence-corrected chi connectivity index (χ4v) is 4.92. The largest absolute Gasteiger partial charge is 0.474 e. The van der Waals surface area contributed by atoms with Gasteiger partial charge in [-0.3, -0.25) is 13.9 Å². The van der Waals surface area contributed by atoms with Crippen LogP contribution in [0.15, 0.2) is 47.6 Å². The number of likely N-dealkylation sites (tertiary alicyclic amines) is 1. The standard InChI is InChI=1S/C25H25Cl2FN4O4S/c1-15-24(29-14-30-25(15)36-22-4-3-20(37(2)34)12-21(22)28)35-19-5-7-32(8-6-19)13-23(33)31-18-10-16(26)9-17(27)11-18/h3-4,9-12,14,19H,5-8,13H2,1-2H3,(H,31,33). The molecule has 1 saturated heterocycles. The number of ether oxygens (including phenoxy) is 2. The molecule has 1 aromatic heterocycles. The molecule has 1 amide bonds. The maximum Gasteiger partial charge on any atom is 0.238 e. The van der Waals surface area contributed by atoms with Crippen LogP contribution in [0.25, 0.3) is 0 Å². The summed E-state index contributed by atoms with van der Waals surface area (Å²) in [6.07, 6.45) is 4.06. The molecule has 12 heteroatoms. The van der Waals surface area contributed by atoms with E-state index in [1.807, 2.05) is 4.90 Å². The fraction of sp³-hybridized carbons (Fsp3) is 0.320. The number of nitrogens with one attached hydrogen (secondary N) is 1. The molecule has 0 radical (unpaired) electrons. The van der Waals surface area contributed by atoms with Gasteiger partial charge in [-0.2, -0.15) is 0 Å². The molecule has 1 aliphatic rings. The molecule has 37 heavy (non-hydrogen) atoms. The number of carbonyl (C=O) groups is 1. The highest BCUT2D eigenvalue weighted by molar-refractivity contribution is 7.84. The molecule has 1 unspecified atom stereocenters. The molecule has 4 rings (SSSR count). The molecule has 1 aliphatic heterocycles. The Balaban J connectivity index is 1.31. The van der Waals surface area contributed by atoms with Crippen LogP contribution in [-0.2, 0) is 15.6 Å². The number of hydrogen-bond acceptors (Lipinski definition) is 7. The molecule has 2 heterocycles. The molecule has 0 aliphatic carbocycles. The minimum atomic E-state index is -1.30. The Hall–Kier alpha value is -2.79. The third-order valence-corrected chi connectivity index (χ3v) is 7.11. The van der Waals surface area contributed by atoms with Crippen LogP contribution >= 0.6 is 23.2 Å². The first-order valence-electron chi connectivity index (χ1n) is 11.5. The van der Waals surface area contributed by atoms with E-state index in [2.05, 4.69) is 15.3 Å². The molecule has 8 nitrogen and oxygen atoms in total. The average molecular weight is 567 g/mol. The highest BCUT2D eigenvalue weighted by Crippen LogP contribution is 2.31. The van der Waals surface area contributed by atoms with Crippen molar-refractivity contribution in [1.29, 1.82) is 0 Å². The quantitative estimate of drug-likeness (QED) is 0.398. The van der Waals surface area contributed by atoms with Gasteiger partial charge in [-0.15, -0.1) is 0 Å². The van der Waals surface area contributed by atoms with Gasteiger partial charge in [0.25, 0.3) is 0 Å². The Labute approximate surface area is 226 Å². The van der Waals surface area contributed by atoms with Gasteiger partial charge in [0.1, 0.15) is 12.4 Å². The summed E-state index contributed by atoms with van der Waals surface area (Å²) in [6, 6.07) is 9.03. The van der Waals surface area contributed by atoms with Gasteiger partial charge in [0, 0.05) is 50.8 Å². The lowest BCUT2D eigenvalue weighted by Crippen LogP contribution is -2.42. The summed E-state index contributed by atoms with van der Waals surface area (Å²) < 4.78 is 37.7. The van der Waals surface area contributed by atoms with Crippen molar-refractivity contribution in [2.75, 3.05) is 31.2 Å². The molecule has 3 aromatic rings. The van der Waals surface area contributed by atoms with Crippen molar-refractivity contribution < 1.29 is 22.9 Å². The average Bonchev–Trinajstić information content (AvgIpc) is 2.83. The van der Waals surface area contributed by atoms with E-state index in [4.69, 9.17) is 32.7 Å². The van der Waals surface area contributed by atoms with Crippen molar-refractivity contribution >= 4 is 45.6 Å². The lowest BCUT2D eigenvalue weighted by atomic mass is 10.1. The lowest BCUT2D eigenvalue weighted by Gasteiger charge is -2.31. The third-order valence-electron chi connectivity index (χ3n) is 5.76. The van der Waals surface area contributed by atoms with Crippen LogP contribution in [-0.4, -0.2) is 57.0 Å². The van der Waals surface area contributed by atoms with Crippen molar-refractivity contribution in [3.05, 3.63) is 64.2 Å². The summed E-state index contributed by atoms with van der Waals surface area (Å²) in [6.45, 7) is 3.30. The predicted molar refractivity (Wildman–Crippen MR) is 141 cm³/mol. The number of aromatic nitrogens is 2. The van der Waals surface area contributed by atoms with Crippen LogP contribution in [0.4, 0.5) is 10.1 Å². The Morgan fingerprint density at radius 3 is 2.46 bits per heavy atom. The Morgan fingerprint density at radius 2 is 1.81 bits per heavy atom. The Morgan fingerprint density at radius 1 is 1.14 bits per heavy atom. The summed E-state index contributed by atoms with van der Waals surface area (Å²) in [4.78, 5) is 23.2. The van der Waals surface area contributed by atoms with E-state index in [1.54, 1.807) is 31.2 Å². The second-order valence-electron chi connectivity index (χ2n) is 8.56. The van der Waals surface area contributed by atoms with Gasteiger partial charge in [0.05, 0.1) is 12.1 Å². The van der Waals surface area contributed by atoms with Crippen LogP contribution in [0.1, 0.15) is 18.4 Å². The maximum absolute atomic E-state index is 14.4. The first kappa shape index (κ1) is 27.3. The molecule has 0 spiro atoms. The van der Waals surface area contributed by atoms with Gasteiger partial charge in [-0.05, 0) is 56.2 Å². The lowest BCUT2D eigenvalue weighted by molar-refractivity contribution is -0.117. The van der Waals surface area contributed by atoms with E-state index in [0.717, 1.165) is 0 Å². The molecule has 0 bridgehead atoms. The minimum absolute atomic E-state index is 0.0337. The molecule has 1 N–H and O–H groups in total. The highest BCUT2D eigenvalue weighted by Gasteiger charge is 2.24. The third kappa shape index (κ3) is 7.38. The van der Waals surface area contributed by atoms with Gasteiger partial charge < -0.3 is 14.8 Å². The Bertz CT molecular complexity index is 1300. The summed E-state index contributed by atoms with van der Waals surface area (Å²) >= 11 is 12.0. The molecule has 1 fully saturated rings. The van der Waals surface area contributed by atoms with Gasteiger partial charge in [-0.25, -0.2) is 14.4 Å². The van der Waals surface area contributed by atoms with Gasteiger partial charge in [-0.1, -0.05) is 23.2 Å². The van der Waals surface area contributed by atoms with Crippen LogP contribution in [0.3, 0.4) is 0 Å². The van der Waals surface area contributed by atoms with E-state index >= 15 is 0 Å². The van der Waals surface area contributed by atoms with E-state index in [-0.39, 0.29) is 30.2 Å². The van der Waals surface area contributed by atoms with Crippen molar-refractivity contribution in [3.63, 3.8) is 0 Å². The molecule has 2 aromatic carbocycles. The number of rotatable bonds is 8. The van der Waals surface area contributed by atoms with Crippen LogP contribution in [0.5, 0.6) is 17.5 Å². The highest BCUT2D eigenvalue weighted by atomic mass is 35.5. The zero-order valence-corrected chi connectivity index (χ0v) is 22.5. The first-order chi connectivity index (χ1) is 17.7. The first-order valence-corrected chi connectivity index (χ1v) is 13.8. The number of hydrogen-bond donors (Lipinski definition) is 1. The van der Waals surface area contributed by atoms with Crippen LogP contribution in [0.2, 0.25) is 10.0 Å². The van der Waals surface area contributed by atoms with Crippen molar-refractivity contribution in [1.82, 2.24) is 14.9 Å². The molecule has 196 valence electrons. The Kier molecular flexibility index (Phi) is 8.96. The molecule has 0 saturated carbocycles. The van der Waals surface area contributed by atoms with E-state index in [1.165, 1.54) is 24.7 Å². The van der Waals surface area contributed by atoms with E-state index in [0.29, 0.717) is 58.0 Å². The van der Waals surface area contributed by atoms with Crippen LogP contribution in [0, 0.1) is 12.7 Å². The minimum Gasteiger partial charge on any atom is -0.474 e. The number of nitrogens with zero attached hydrogens (tertiary/aromatic N) is 3. The second kappa shape index (κ2) is 12.2. The van der Waals surface area contributed by atoms with Gasteiger partial charge in [0.2, 0.25) is 17.7 Å². The number of anilines is 1. The maximum atomic E-state index is 14.4. The molecular weight excluding hydrogens is 542 g/mol. The second-order valence-corrected chi connectivity index (χ2v) is 10.8. The number of halogens is 3. The van der Waals surface area contributed by atoms with Crippen molar-refractivity contribution in [2.45, 2.75) is 30.8 Å². The smallest absolute Gasteiger partial charge is 0.238 e. The summed E-state index contributed by atoms with van der Waals surface area (Å²) in [5.74, 6) is -0.302. The number of amides is 1. The predicted octanol–water partition coefficient (Wildman–Crippen LogP) is 5.24. The van der Waals surface area contributed by atoms with E-state index in [9.17, 15) is 13.4 Å². The monoisotopic (exact) mass is 566 g/mol. The fourth-order valence-electron chi connectivity index (χ4n) is 3.86. The van der Waals surface area contributed by atoms with E-state index < -0.39 is 16.6 Å². The van der Waals surface area contributed by atoms with Crippen molar-refractivity contribution in [3.8, 4) is 17.5 Å². The number of carbonyl (C=O) groups excluding carboxylic acids is 1. The normalized spacial score (nSPS) is 15.3. The zero-order chi connectivity index (χ0) is 26.5. The van der Waals surface area contributed by atoms with Gasteiger partial charge >= 0.3 is 0 Å². The molecular formula is C25H25Cl2FN4O4S. The molecule has 1 atom stereocenters. The van der Waals surface area contributed by atoms with Gasteiger partial charge in [0.15, 0.2) is 11.6 Å². The zero-order valence-electron chi connectivity index (χ0n) is 20.2. The topological polar surface area (TPSA) is 93.7 Å². The number of benzene rings is 2. The summed E-state index contributed by atoms with van der Waals surface area (Å²) in [5.41, 5.74) is 1.08. The SMILES string of the molecule is Cc1c(Oc2ccc(S(C)=O)cc2F)ncnc1OC1CCN(CC(=O)Nc2cc(Cl)cc(Cl)c2)CC1. The number of piperidine rings is 1. The summed E-state index contributed by atoms with van der Waals surface area (Å²) in [5, 5.41) is 3.72.